The highest BCUT2D eigenvalue weighted by molar-refractivity contribution is 7.91. The fraction of sp³-hybridized carbons (Fsp3) is 0.571. The molecule has 4 nitrogen and oxygen atoms in total. The van der Waals surface area contributed by atoms with Crippen LogP contribution in [0.3, 0.4) is 0 Å². The Morgan fingerprint density at radius 1 is 1.30 bits per heavy atom. The zero-order valence-electron chi connectivity index (χ0n) is 12.3. The van der Waals surface area contributed by atoms with Crippen molar-refractivity contribution >= 4 is 9.84 Å². The molecule has 1 rings (SSSR count). The smallest absolute Gasteiger partial charge is 0.155 e. The summed E-state index contributed by atoms with van der Waals surface area (Å²) in [5, 5.41) is 2.59. The number of hydrogen-bond donors (Lipinski definition) is 1. The second-order valence-electron chi connectivity index (χ2n) is 4.96. The van der Waals surface area contributed by atoms with E-state index in [0.717, 1.165) is 0 Å². The third kappa shape index (κ3) is 4.45. The van der Waals surface area contributed by atoms with Crippen molar-refractivity contribution in [2.24, 2.45) is 0 Å². The Labute approximate surface area is 120 Å². The van der Waals surface area contributed by atoms with Gasteiger partial charge >= 0.3 is 0 Å². The lowest BCUT2D eigenvalue weighted by molar-refractivity contribution is 0.332. The third-order valence-electron chi connectivity index (χ3n) is 3.22. The topological polar surface area (TPSA) is 55.4 Å². The Kier molecular flexibility index (Phi) is 5.95. The molecule has 0 heterocycles. The molecule has 0 fully saturated rings. The van der Waals surface area contributed by atoms with Gasteiger partial charge in [0.2, 0.25) is 0 Å². The van der Waals surface area contributed by atoms with Crippen LogP contribution in [0.15, 0.2) is 18.2 Å². The first-order valence-corrected chi connectivity index (χ1v) is 8.30. The van der Waals surface area contributed by atoms with Crippen LogP contribution >= 0.6 is 0 Å². The molecule has 0 saturated heterocycles. The summed E-state index contributed by atoms with van der Waals surface area (Å²) in [6, 6.07) is 4.15. The van der Waals surface area contributed by atoms with Gasteiger partial charge in [-0.25, -0.2) is 12.8 Å². The van der Waals surface area contributed by atoms with Crippen LogP contribution in [0.4, 0.5) is 4.39 Å². The van der Waals surface area contributed by atoms with Crippen molar-refractivity contribution in [1.29, 1.82) is 0 Å². The summed E-state index contributed by atoms with van der Waals surface area (Å²) in [7, 11) is -1.36. The Morgan fingerprint density at radius 3 is 2.50 bits per heavy atom. The standard InChI is InChI=1S/C14H22FNO3S/c1-10(2)20(17,18)8-7-19-14-6-5-12(15)9-13(14)11(3)16-4/h5-6,9-11,16H,7-8H2,1-4H3. The average Bonchev–Trinajstić information content (AvgIpc) is 2.39. The summed E-state index contributed by atoms with van der Waals surface area (Å²) < 4.78 is 42.2. The quantitative estimate of drug-likeness (QED) is 0.840. The van der Waals surface area contributed by atoms with Crippen molar-refractivity contribution < 1.29 is 17.5 Å². The van der Waals surface area contributed by atoms with Gasteiger partial charge in [-0.2, -0.15) is 0 Å². The highest BCUT2D eigenvalue weighted by Crippen LogP contribution is 2.26. The van der Waals surface area contributed by atoms with Gasteiger partial charge in [0.15, 0.2) is 9.84 Å². The normalized spacial score (nSPS) is 13.5. The van der Waals surface area contributed by atoms with Gasteiger partial charge < -0.3 is 10.1 Å². The van der Waals surface area contributed by atoms with Crippen molar-refractivity contribution in [3.8, 4) is 5.75 Å². The molecule has 0 aliphatic rings. The molecular formula is C14H22FNO3S. The summed E-state index contributed by atoms with van der Waals surface area (Å²) in [6.07, 6.45) is 0. The zero-order valence-corrected chi connectivity index (χ0v) is 13.1. The molecule has 1 aromatic rings. The van der Waals surface area contributed by atoms with Crippen molar-refractivity contribution in [2.45, 2.75) is 32.1 Å². The van der Waals surface area contributed by atoms with Crippen LogP contribution < -0.4 is 10.1 Å². The van der Waals surface area contributed by atoms with E-state index in [-0.39, 0.29) is 24.2 Å². The molecule has 0 amide bonds. The van der Waals surface area contributed by atoms with E-state index in [4.69, 9.17) is 4.74 Å². The number of sulfone groups is 1. The van der Waals surface area contributed by atoms with Crippen LogP contribution in [0, 0.1) is 5.82 Å². The van der Waals surface area contributed by atoms with Gasteiger partial charge in [0.1, 0.15) is 18.2 Å². The largest absolute Gasteiger partial charge is 0.492 e. The number of nitrogens with one attached hydrogen (secondary N) is 1. The number of ether oxygens (including phenoxy) is 1. The van der Waals surface area contributed by atoms with Crippen LogP contribution in [0.5, 0.6) is 5.75 Å². The van der Waals surface area contributed by atoms with E-state index in [1.165, 1.54) is 18.2 Å². The summed E-state index contributed by atoms with van der Waals surface area (Å²) >= 11 is 0. The van der Waals surface area contributed by atoms with E-state index >= 15 is 0 Å². The Bertz CT molecular complexity index is 543. The predicted molar refractivity (Wildman–Crippen MR) is 78.3 cm³/mol. The number of benzene rings is 1. The maximum atomic E-state index is 13.3. The van der Waals surface area contributed by atoms with Crippen LogP contribution in [0.1, 0.15) is 32.4 Å². The fourth-order valence-corrected chi connectivity index (χ4v) is 2.44. The highest BCUT2D eigenvalue weighted by atomic mass is 32.2. The summed E-state index contributed by atoms with van der Waals surface area (Å²) in [5.41, 5.74) is 0.675. The van der Waals surface area contributed by atoms with Crippen molar-refractivity contribution in [3.63, 3.8) is 0 Å². The van der Waals surface area contributed by atoms with Gasteiger partial charge in [0.25, 0.3) is 0 Å². The molecule has 0 bridgehead atoms. The Balaban J connectivity index is 2.78. The molecule has 0 radical (unpaired) electrons. The molecule has 0 spiro atoms. The zero-order chi connectivity index (χ0) is 15.3. The van der Waals surface area contributed by atoms with Gasteiger partial charge in [-0.1, -0.05) is 0 Å². The molecule has 1 atom stereocenters. The van der Waals surface area contributed by atoms with E-state index in [9.17, 15) is 12.8 Å². The SMILES string of the molecule is CNC(C)c1cc(F)ccc1OCCS(=O)(=O)C(C)C. The molecule has 0 aliphatic heterocycles. The van der Waals surface area contributed by atoms with Crippen molar-refractivity contribution in [3.05, 3.63) is 29.6 Å². The van der Waals surface area contributed by atoms with Gasteiger partial charge in [0, 0.05) is 11.6 Å². The molecule has 1 N–H and O–H groups in total. The maximum absolute atomic E-state index is 13.3. The maximum Gasteiger partial charge on any atom is 0.155 e. The van der Waals surface area contributed by atoms with E-state index in [2.05, 4.69) is 5.32 Å². The number of halogens is 1. The molecule has 114 valence electrons. The van der Waals surface area contributed by atoms with Crippen LogP contribution in [-0.2, 0) is 9.84 Å². The molecule has 0 aromatic heterocycles. The van der Waals surface area contributed by atoms with E-state index in [1.807, 2.05) is 6.92 Å². The van der Waals surface area contributed by atoms with Gasteiger partial charge in [-0.3, -0.25) is 0 Å². The lowest BCUT2D eigenvalue weighted by Crippen LogP contribution is -2.22. The van der Waals surface area contributed by atoms with Crippen molar-refractivity contribution in [1.82, 2.24) is 5.32 Å². The third-order valence-corrected chi connectivity index (χ3v) is 5.39. The summed E-state index contributed by atoms with van der Waals surface area (Å²) in [6.45, 7) is 5.23. The molecule has 20 heavy (non-hydrogen) atoms. The minimum atomic E-state index is -3.13. The van der Waals surface area contributed by atoms with Gasteiger partial charge in [-0.15, -0.1) is 0 Å². The molecule has 0 aliphatic carbocycles. The molecule has 1 unspecified atom stereocenters. The van der Waals surface area contributed by atoms with Crippen LogP contribution in [0.25, 0.3) is 0 Å². The average molecular weight is 303 g/mol. The summed E-state index contributed by atoms with van der Waals surface area (Å²) in [4.78, 5) is 0. The lowest BCUT2D eigenvalue weighted by atomic mass is 10.1. The van der Waals surface area contributed by atoms with E-state index < -0.39 is 15.1 Å². The molecule has 0 saturated carbocycles. The van der Waals surface area contributed by atoms with E-state index in [0.29, 0.717) is 11.3 Å². The van der Waals surface area contributed by atoms with Gasteiger partial charge in [0.05, 0.1) is 11.0 Å². The first-order valence-electron chi connectivity index (χ1n) is 6.59. The van der Waals surface area contributed by atoms with Gasteiger partial charge in [-0.05, 0) is 46.0 Å². The second-order valence-corrected chi connectivity index (χ2v) is 7.63. The highest BCUT2D eigenvalue weighted by Gasteiger charge is 2.17. The number of rotatable bonds is 7. The monoisotopic (exact) mass is 303 g/mol. The lowest BCUT2D eigenvalue weighted by Gasteiger charge is -2.17. The number of hydrogen-bond acceptors (Lipinski definition) is 4. The minimum Gasteiger partial charge on any atom is -0.492 e. The first kappa shape index (κ1) is 16.9. The Hall–Kier alpha value is -1.14. The first-order chi connectivity index (χ1) is 9.27. The summed E-state index contributed by atoms with van der Waals surface area (Å²) in [5.74, 6) is 0.117. The molecule has 1 aromatic carbocycles. The van der Waals surface area contributed by atoms with Crippen LogP contribution in [-0.4, -0.2) is 33.1 Å². The predicted octanol–water partition coefficient (Wildman–Crippen LogP) is 2.31. The molecule has 6 heteroatoms. The van der Waals surface area contributed by atoms with Crippen LogP contribution in [0.2, 0.25) is 0 Å². The fourth-order valence-electron chi connectivity index (χ4n) is 1.65. The molecular weight excluding hydrogens is 281 g/mol. The minimum absolute atomic E-state index is 0.0462. The Morgan fingerprint density at radius 2 is 1.95 bits per heavy atom. The van der Waals surface area contributed by atoms with E-state index in [1.54, 1.807) is 20.9 Å². The van der Waals surface area contributed by atoms with Crippen molar-refractivity contribution in [2.75, 3.05) is 19.4 Å². The second kappa shape index (κ2) is 7.04.